The lowest BCUT2D eigenvalue weighted by molar-refractivity contribution is 0.780. The van der Waals surface area contributed by atoms with Gasteiger partial charge in [-0.15, -0.1) is 6.42 Å². The number of hydrogen-bond acceptors (Lipinski definition) is 2. The van der Waals surface area contributed by atoms with Crippen LogP contribution in [0.15, 0.2) is 18.3 Å². The molecule has 56 valence electrons. The van der Waals surface area contributed by atoms with Gasteiger partial charge in [-0.2, -0.15) is 0 Å². The molecule has 11 heavy (non-hydrogen) atoms. The fourth-order valence-electron chi connectivity index (χ4n) is 0.787. The second-order valence-corrected chi connectivity index (χ2v) is 2.40. The maximum Gasteiger partial charge on any atom is 0.0580 e. The van der Waals surface area contributed by atoms with Crippen LogP contribution >= 0.6 is 0 Å². The first kappa shape index (κ1) is 7.77. The van der Waals surface area contributed by atoms with Crippen LogP contribution in [0.25, 0.3) is 0 Å². The third-order valence-corrected chi connectivity index (χ3v) is 1.41. The van der Waals surface area contributed by atoms with Crippen LogP contribution in [0.2, 0.25) is 0 Å². The first-order valence-corrected chi connectivity index (χ1v) is 3.42. The van der Waals surface area contributed by atoms with Gasteiger partial charge in [0.25, 0.3) is 0 Å². The molecule has 2 N–H and O–H groups in total. The molecule has 0 saturated carbocycles. The first-order valence-electron chi connectivity index (χ1n) is 3.42. The summed E-state index contributed by atoms with van der Waals surface area (Å²) in [5.41, 5.74) is 7.27. The average Bonchev–Trinajstić information content (AvgIpc) is 2.05. The van der Waals surface area contributed by atoms with E-state index >= 15 is 0 Å². The van der Waals surface area contributed by atoms with Gasteiger partial charge in [0, 0.05) is 17.8 Å². The van der Waals surface area contributed by atoms with E-state index in [1.807, 2.05) is 13.0 Å². The smallest absolute Gasteiger partial charge is 0.0580 e. The Kier molecular flexibility index (Phi) is 2.25. The second kappa shape index (κ2) is 3.18. The number of pyridine rings is 1. The van der Waals surface area contributed by atoms with Crippen molar-refractivity contribution >= 4 is 0 Å². The molecule has 0 bridgehead atoms. The van der Waals surface area contributed by atoms with E-state index in [1.54, 1.807) is 12.3 Å². The Morgan fingerprint density at radius 3 is 3.00 bits per heavy atom. The molecule has 1 aromatic rings. The van der Waals surface area contributed by atoms with Gasteiger partial charge in [0.15, 0.2) is 0 Å². The zero-order valence-electron chi connectivity index (χ0n) is 6.41. The summed E-state index contributed by atoms with van der Waals surface area (Å²) in [6.07, 6.45) is 6.87. The van der Waals surface area contributed by atoms with E-state index in [1.165, 1.54) is 0 Å². The average molecular weight is 146 g/mol. The van der Waals surface area contributed by atoms with Crippen LogP contribution in [0, 0.1) is 12.3 Å². The minimum absolute atomic E-state index is 0.0525. The van der Waals surface area contributed by atoms with Crippen molar-refractivity contribution in [3.63, 3.8) is 0 Å². The molecule has 0 aliphatic heterocycles. The zero-order valence-corrected chi connectivity index (χ0v) is 6.41. The number of aromatic nitrogens is 1. The molecular weight excluding hydrogens is 136 g/mol. The van der Waals surface area contributed by atoms with Crippen LogP contribution in [0.1, 0.15) is 24.2 Å². The van der Waals surface area contributed by atoms with Crippen molar-refractivity contribution in [1.82, 2.24) is 4.98 Å². The predicted molar refractivity (Wildman–Crippen MR) is 44.8 cm³/mol. The van der Waals surface area contributed by atoms with Gasteiger partial charge in [-0.1, -0.05) is 5.92 Å². The summed E-state index contributed by atoms with van der Waals surface area (Å²) in [5.74, 6) is 2.53. The summed E-state index contributed by atoms with van der Waals surface area (Å²) in [7, 11) is 0. The van der Waals surface area contributed by atoms with Gasteiger partial charge in [0.05, 0.1) is 5.69 Å². The summed E-state index contributed by atoms with van der Waals surface area (Å²) >= 11 is 0. The van der Waals surface area contributed by atoms with E-state index < -0.39 is 0 Å². The van der Waals surface area contributed by atoms with E-state index in [-0.39, 0.29) is 6.04 Å². The molecule has 2 nitrogen and oxygen atoms in total. The highest BCUT2D eigenvalue weighted by molar-refractivity contribution is 5.32. The molecule has 0 fully saturated rings. The monoisotopic (exact) mass is 146 g/mol. The minimum Gasteiger partial charge on any atom is -0.323 e. The third kappa shape index (κ3) is 1.79. The molecule has 1 rings (SSSR count). The summed E-state index contributed by atoms with van der Waals surface area (Å²) in [6.45, 7) is 1.88. The minimum atomic E-state index is -0.0525. The number of hydrogen-bond donors (Lipinski definition) is 1. The fraction of sp³-hybridized carbons (Fsp3) is 0.222. The molecule has 1 heterocycles. The lowest BCUT2D eigenvalue weighted by Gasteiger charge is -2.02. The highest BCUT2D eigenvalue weighted by Gasteiger charge is 1.99. The van der Waals surface area contributed by atoms with E-state index in [9.17, 15) is 0 Å². The highest BCUT2D eigenvalue weighted by Crippen LogP contribution is 2.06. The van der Waals surface area contributed by atoms with Crippen molar-refractivity contribution in [3.05, 3.63) is 29.6 Å². The first-order chi connectivity index (χ1) is 5.24. The van der Waals surface area contributed by atoms with E-state index in [4.69, 9.17) is 12.2 Å². The Balaban J connectivity index is 3.03. The van der Waals surface area contributed by atoms with Gasteiger partial charge in [-0.05, 0) is 19.1 Å². The molecule has 2 heteroatoms. The summed E-state index contributed by atoms with van der Waals surface area (Å²) in [5, 5.41) is 0. The van der Waals surface area contributed by atoms with E-state index in [0.717, 1.165) is 11.3 Å². The molecule has 1 aromatic heterocycles. The van der Waals surface area contributed by atoms with Crippen molar-refractivity contribution < 1.29 is 0 Å². The maximum absolute atomic E-state index is 5.61. The molecule has 0 spiro atoms. The van der Waals surface area contributed by atoms with Crippen LogP contribution < -0.4 is 5.73 Å². The zero-order chi connectivity index (χ0) is 8.27. The lowest BCUT2D eigenvalue weighted by Crippen LogP contribution is -2.06. The van der Waals surface area contributed by atoms with Crippen molar-refractivity contribution in [1.29, 1.82) is 0 Å². The van der Waals surface area contributed by atoms with Crippen molar-refractivity contribution in [2.24, 2.45) is 5.73 Å². The van der Waals surface area contributed by atoms with Gasteiger partial charge < -0.3 is 5.73 Å². The molecular formula is C9H10N2. The number of rotatable bonds is 1. The topological polar surface area (TPSA) is 38.9 Å². The second-order valence-electron chi connectivity index (χ2n) is 2.40. The van der Waals surface area contributed by atoms with Gasteiger partial charge in [-0.3, -0.25) is 4.98 Å². The molecule has 0 unspecified atom stereocenters. The maximum atomic E-state index is 5.61. The number of nitrogens with zero attached hydrogens (tertiary/aromatic N) is 1. The van der Waals surface area contributed by atoms with Crippen LogP contribution in [-0.4, -0.2) is 4.98 Å². The van der Waals surface area contributed by atoms with Gasteiger partial charge in [0.2, 0.25) is 0 Å². The molecule has 1 atom stereocenters. The van der Waals surface area contributed by atoms with Gasteiger partial charge >= 0.3 is 0 Å². The van der Waals surface area contributed by atoms with Crippen LogP contribution in [0.4, 0.5) is 0 Å². The van der Waals surface area contributed by atoms with Gasteiger partial charge in [0.1, 0.15) is 0 Å². The Bertz CT molecular complexity index is 284. The number of nitrogens with two attached hydrogens (primary N) is 1. The van der Waals surface area contributed by atoms with Crippen LogP contribution in [0.3, 0.4) is 0 Å². The summed E-state index contributed by atoms with van der Waals surface area (Å²) < 4.78 is 0. The SMILES string of the molecule is C#Cc1ccnc([C@@H](C)N)c1. The standard InChI is InChI=1S/C9H10N2/c1-3-8-4-5-11-9(6-8)7(2)10/h1,4-7H,10H2,2H3/t7-/m1/s1. The molecule has 0 aliphatic carbocycles. The third-order valence-electron chi connectivity index (χ3n) is 1.41. The molecule has 0 aromatic carbocycles. The Morgan fingerprint density at radius 2 is 2.45 bits per heavy atom. The Hall–Kier alpha value is -1.33. The van der Waals surface area contributed by atoms with E-state index in [0.29, 0.717) is 0 Å². The highest BCUT2D eigenvalue weighted by atomic mass is 14.7. The van der Waals surface area contributed by atoms with Gasteiger partial charge in [-0.25, -0.2) is 0 Å². The quantitative estimate of drug-likeness (QED) is 0.602. The predicted octanol–water partition coefficient (Wildman–Crippen LogP) is 1.08. The number of terminal acetylenes is 1. The van der Waals surface area contributed by atoms with Crippen molar-refractivity contribution in [3.8, 4) is 12.3 Å². The molecule has 0 saturated heterocycles. The van der Waals surface area contributed by atoms with Crippen molar-refractivity contribution in [2.75, 3.05) is 0 Å². The van der Waals surface area contributed by atoms with Crippen LogP contribution in [0.5, 0.6) is 0 Å². The molecule has 0 radical (unpaired) electrons. The Labute approximate surface area is 66.4 Å². The Morgan fingerprint density at radius 1 is 1.73 bits per heavy atom. The summed E-state index contributed by atoms with van der Waals surface area (Å²) in [6, 6.07) is 3.56. The van der Waals surface area contributed by atoms with E-state index in [2.05, 4.69) is 10.9 Å². The van der Waals surface area contributed by atoms with Crippen molar-refractivity contribution in [2.45, 2.75) is 13.0 Å². The molecule has 0 aliphatic rings. The fourth-order valence-corrected chi connectivity index (χ4v) is 0.787. The lowest BCUT2D eigenvalue weighted by atomic mass is 10.2. The summed E-state index contributed by atoms with van der Waals surface area (Å²) in [4.78, 5) is 4.07. The van der Waals surface area contributed by atoms with Crippen LogP contribution in [-0.2, 0) is 0 Å². The normalized spacial score (nSPS) is 12.1. The largest absolute Gasteiger partial charge is 0.323 e. The molecule has 0 amide bonds.